The molecule has 0 saturated carbocycles. The second kappa shape index (κ2) is 7.18. The van der Waals surface area contributed by atoms with E-state index in [0.29, 0.717) is 16.3 Å². The Morgan fingerprint density at radius 2 is 1.82 bits per heavy atom. The van der Waals surface area contributed by atoms with Gasteiger partial charge in [0.05, 0.1) is 10.6 Å². The molecule has 5 heteroatoms. The molecule has 0 atom stereocenters. The number of halogens is 1. The van der Waals surface area contributed by atoms with Gasteiger partial charge in [-0.2, -0.15) is 0 Å². The van der Waals surface area contributed by atoms with Crippen molar-refractivity contribution in [1.29, 1.82) is 0 Å². The van der Waals surface area contributed by atoms with Crippen LogP contribution in [0.3, 0.4) is 0 Å². The van der Waals surface area contributed by atoms with Crippen molar-refractivity contribution in [3.05, 3.63) is 47.0 Å². The first-order valence-electron chi connectivity index (χ1n) is 7.16. The van der Waals surface area contributed by atoms with Crippen LogP contribution in [0.5, 0.6) is 11.5 Å². The van der Waals surface area contributed by atoms with Gasteiger partial charge in [-0.3, -0.25) is 4.99 Å². The number of benzene rings is 2. The van der Waals surface area contributed by atoms with E-state index < -0.39 is 0 Å². The summed E-state index contributed by atoms with van der Waals surface area (Å²) in [5.74, 6) is 0.141. The minimum absolute atomic E-state index is 0.0514. The maximum atomic E-state index is 10.1. The van der Waals surface area contributed by atoms with E-state index >= 15 is 0 Å². The van der Waals surface area contributed by atoms with Crippen molar-refractivity contribution in [2.45, 2.75) is 13.8 Å². The molecule has 0 heterocycles. The number of hydrogen-bond acceptors (Lipinski definition) is 4. The minimum Gasteiger partial charge on any atom is -0.507 e. The zero-order valence-electron chi connectivity index (χ0n) is 12.6. The van der Waals surface area contributed by atoms with E-state index in [1.807, 2.05) is 6.07 Å². The predicted molar refractivity (Wildman–Crippen MR) is 92.0 cm³/mol. The quantitative estimate of drug-likeness (QED) is 0.806. The highest BCUT2D eigenvalue weighted by Gasteiger charge is 2.07. The predicted octanol–water partition coefficient (Wildman–Crippen LogP) is 4.35. The molecule has 0 bridgehead atoms. The van der Waals surface area contributed by atoms with E-state index in [0.717, 1.165) is 18.8 Å². The molecule has 2 aromatic carbocycles. The molecule has 116 valence electrons. The number of anilines is 1. The lowest BCUT2D eigenvalue weighted by molar-refractivity contribution is 0.474. The summed E-state index contributed by atoms with van der Waals surface area (Å²) in [6.07, 6.45) is 1.45. The van der Waals surface area contributed by atoms with Gasteiger partial charge in [-0.25, -0.2) is 0 Å². The molecular formula is C17H19ClN2O2. The van der Waals surface area contributed by atoms with Gasteiger partial charge < -0.3 is 15.1 Å². The second-order valence-electron chi connectivity index (χ2n) is 4.78. The number of rotatable bonds is 5. The Kier molecular flexibility index (Phi) is 5.28. The van der Waals surface area contributed by atoms with Gasteiger partial charge in [0.25, 0.3) is 0 Å². The third-order valence-corrected chi connectivity index (χ3v) is 3.78. The van der Waals surface area contributed by atoms with Crippen molar-refractivity contribution in [2.75, 3.05) is 18.0 Å². The summed E-state index contributed by atoms with van der Waals surface area (Å²) in [6.45, 7) is 5.86. The number of aromatic hydroxyl groups is 2. The molecule has 2 rings (SSSR count). The normalized spacial score (nSPS) is 11.0. The molecule has 22 heavy (non-hydrogen) atoms. The average Bonchev–Trinajstić information content (AvgIpc) is 2.50. The Morgan fingerprint density at radius 3 is 2.41 bits per heavy atom. The van der Waals surface area contributed by atoms with Crippen molar-refractivity contribution < 1.29 is 10.2 Å². The molecule has 0 radical (unpaired) electrons. The van der Waals surface area contributed by atoms with Crippen molar-refractivity contribution in [3.63, 3.8) is 0 Å². The van der Waals surface area contributed by atoms with Gasteiger partial charge in [-0.1, -0.05) is 17.7 Å². The maximum absolute atomic E-state index is 10.1. The lowest BCUT2D eigenvalue weighted by Gasteiger charge is -2.21. The smallest absolute Gasteiger partial charge is 0.143 e. The molecule has 0 aliphatic carbocycles. The maximum Gasteiger partial charge on any atom is 0.143 e. The SMILES string of the molecule is CCN(CC)c1ccc(N=Cc2c(O)cccc2Cl)c(O)c1. The fraction of sp³-hybridized carbons (Fsp3) is 0.235. The van der Waals surface area contributed by atoms with E-state index in [-0.39, 0.29) is 11.5 Å². The standard InChI is InChI=1S/C17H19ClN2O2/c1-3-20(4-2)12-8-9-15(17(22)10-12)19-11-13-14(18)6-5-7-16(13)21/h5-11,21-22H,3-4H2,1-2H3. The number of phenols is 2. The van der Waals surface area contributed by atoms with E-state index in [4.69, 9.17) is 11.6 Å². The lowest BCUT2D eigenvalue weighted by Crippen LogP contribution is -2.21. The molecule has 0 amide bonds. The fourth-order valence-corrected chi connectivity index (χ4v) is 2.41. The molecule has 0 spiro atoms. The minimum atomic E-state index is 0.0514. The summed E-state index contributed by atoms with van der Waals surface area (Å²) < 4.78 is 0. The van der Waals surface area contributed by atoms with Crippen LogP contribution < -0.4 is 4.90 Å². The van der Waals surface area contributed by atoms with Gasteiger partial charge in [0.1, 0.15) is 17.2 Å². The first-order chi connectivity index (χ1) is 10.6. The van der Waals surface area contributed by atoms with Gasteiger partial charge in [0.15, 0.2) is 0 Å². The summed E-state index contributed by atoms with van der Waals surface area (Å²) in [5, 5.41) is 20.3. The molecule has 0 aliphatic heterocycles. The summed E-state index contributed by atoms with van der Waals surface area (Å²) >= 11 is 6.02. The Labute approximate surface area is 135 Å². The molecule has 0 unspecified atom stereocenters. The van der Waals surface area contributed by atoms with Gasteiger partial charge in [0.2, 0.25) is 0 Å². The molecule has 0 fully saturated rings. The lowest BCUT2D eigenvalue weighted by atomic mass is 10.2. The Morgan fingerprint density at radius 1 is 1.09 bits per heavy atom. The second-order valence-corrected chi connectivity index (χ2v) is 5.18. The summed E-state index contributed by atoms with van der Waals surface area (Å²) in [5.41, 5.74) is 1.80. The van der Waals surface area contributed by atoms with E-state index in [1.165, 1.54) is 12.3 Å². The molecule has 4 nitrogen and oxygen atoms in total. The largest absolute Gasteiger partial charge is 0.507 e. The average molecular weight is 319 g/mol. The number of phenolic OH excluding ortho intramolecular Hbond substituents is 2. The summed E-state index contributed by atoms with van der Waals surface area (Å²) in [7, 11) is 0. The van der Waals surface area contributed by atoms with Crippen molar-refractivity contribution >= 4 is 29.2 Å². The highest BCUT2D eigenvalue weighted by molar-refractivity contribution is 6.33. The van der Waals surface area contributed by atoms with Crippen LogP contribution in [-0.2, 0) is 0 Å². The highest BCUT2D eigenvalue weighted by Crippen LogP contribution is 2.32. The van der Waals surface area contributed by atoms with Crippen molar-refractivity contribution in [1.82, 2.24) is 0 Å². The fourth-order valence-electron chi connectivity index (χ4n) is 2.19. The molecular weight excluding hydrogens is 300 g/mol. The van der Waals surface area contributed by atoms with E-state index in [1.54, 1.807) is 24.3 Å². The highest BCUT2D eigenvalue weighted by atomic mass is 35.5. The number of aliphatic imine (C=N–C) groups is 1. The summed E-state index contributed by atoms with van der Waals surface area (Å²) in [4.78, 5) is 6.34. The monoisotopic (exact) mass is 318 g/mol. The Bertz CT molecular complexity index is 662. The van der Waals surface area contributed by atoms with Crippen LogP contribution in [0.25, 0.3) is 0 Å². The van der Waals surface area contributed by atoms with Crippen LogP contribution in [0, 0.1) is 0 Å². The van der Waals surface area contributed by atoms with Crippen molar-refractivity contribution in [3.8, 4) is 11.5 Å². The van der Waals surface area contributed by atoms with Gasteiger partial charge in [-0.15, -0.1) is 0 Å². The third-order valence-electron chi connectivity index (χ3n) is 3.45. The van der Waals surface area contributed by atoms with Crippen molar-refractivity contribution in [2.24, 2.45) is 4.99 Å². The Hall–Kier alpha value is -2.20. The molecule has 0 saturated heterocycles. The van der Waals surface area contributed by atoms with E-state index in [2.05, 4.69) is 23.7 Å². The third kappa shape index (κ3) is 3.52. The zero-order valence-corrected chi connectivity index (χ0v) is 13.4. The Balaban J connectivity index is 2.29. The number of nitrogens with zero attached hydrogens (tertiary/aromatic N) is 2. The number of hydrogen-bond donors (Lipinski definition) is 2. The van der Waals surface area contributed by atoms with E-state index in [9.17, 15) is 10.2 Å². The molecule has 2 N–H and O–H groups in total. The molecule has 0 aromatic heterocycles. The van der Waals surface area contributed by atoms with Crippen LogP contribution >= 0.6 is 11.6 Å². The molecule has 2 aromatic rings. The van der Waals surface area contributed by atoms with Crippen LogP contribution in [0.4, 0.5) is 11.4 Å². The molecule has 0 aliphatic rings. The van der Waals surface area contributed by atoms with Crippen LogP contribution in [0.15, 0.2) is 41.4 Å². The topological polar surface area (TPSA) is 56.1 Å². The summed E-state index contributed by atoms with van der Waals surface area (Å²) in [6, 6.07) is 10.2. The van der Waals surface area contributed by atoms with Gasteiger partial charge >= 0.3 is 0 Å². The van der Waals surface area contributed by atoms with Crippen LogP contribution in [0.2, 0.25) is 5.02 Å². The first kappa shape index (κ1) is 16.2. The van der Waals surface area contributed by atoms with Gasteiger partial charge in [0, 0.05) is 31.1 Å². The first-order valence-corrected chi connectivity index (χ1v) is 7.54. The zero-order chi connectivity index (χ0) is 16.1. The van der Waals surface area contributed by atoms with Crippen LogP contribution in [0.1, 0.15) is 19.4 Å². The van der Waals surface area contributed by atoms with Gasteiger partial charge in [-0.05, 0) is 38.1 Å². The van der Waals surface area contributed by atoms with Crippen LogP contribution in [-0.4, -0.2) is 29.5 Å².